The Balaban J connectivity index is 1.89. The van der Waals surface area contributed by atoms with Crippen molar-refractivity contribution in [2.75, 3.05) is 13.9 Å². The molecule has 1 unspecified atom stereocenters. The van der Waals surface area contributed by atoms with Crippen LogP contribution in [0, 0.1) is 0 Å². The number of hydrogen-bond donors (Lipinski definition) is 1. The minimum atomic E-state index is -0.831. The molecule has 0 amide bonds. The average Bonchev–Trinajstić information content (AvgIpc) is 3.20. The van der Waals surface area contributed by atoms with Gasteiger partial charge < -0.3 is 23.9 Å². The average molecular weight is 337 g/mol. The smallest absolute Gasteiger partial charge is 0.258 e. The SMILES string of the molecule is COc1ccc2c3c(n(C)c(=O)c2c1)-c1cc2c(cc1C3O)OCO2. The lowest BCUT2D eigenvalue weighted by Crippen LogP contribution is -2.19. The standard InChI is InChI=1S/C19H15NO5/c1-20-17-11-6-14-15(25-8-24-14)7-12(11)18(21)16(17)10-4-3-9(23-2)5-13(10)19(20)22/h3-7,18,21H,8H2,1-2H3. The predicted octanol–water partition coefficient (Wildman–Crippen LogP) is 2.34. The van der Waals surface area contributed by atoms with E-state index in [0.717, 1.165) is 22.1 Å². The summed E-state index contributed by atoms with van der Waals surface area (Å²) in [5, 5.41) is 12.2. The Morgan fingerprint density at radius 1 is 1.16 bits per heavy atom. The van der Waals surface area contributed by atoms with E-state index >= 15 is 0 Å². The Kier molecular flexibility index (Phi) is 2.74. The third-order valence-corrected chi connectivity index (χ3v) is 5.01. The first-order valence-electron chi connectivity index (χ1n) is 7.92. The minimum absolute atomic E-state index is 0.134. The van der Waals surface area contributed by atoms with Crippen LogP contribution < -0.4 is 19.8 Å². The zero-order valence-corrected chi connectivity index (χ0v) is 13.7. The normalized spacial score (nSPS) is 16.8. The number of ether oxygens (including phenoxy) is 3. The van der Waals surface area contributed by atoms with E-state index in [1.54, 1.807) is 36.9 Å². The number of benzene rings is 2. The van der Waals surface area contributed by atoms with Crippen LogP contribution in [0.2, 0.25) is 0 Å². The van der Waals surface area contributed by atoms with Crippen molar-refractivity contribution in [3.63, 3.8) is 0 Å². The molecule has 1 aromatic heterocycles. The monoisotopic (exact) mass is 337 g/mol. The molecule has 2 aliphatic rings. The van der Waals surface area contributed by atoms with E-state index in [1.807, 2.05) is 12.1 Å². The Morgan fingerprint density at radius 2 is 1.92 bits per heavy atom. The van der Waals surface area contributed by atoms with Gasteiger partial charge in [0.25, 0.3) is 5.56 Å². The van der Waals surface area contributed by atoms with E-state index in [9.17, 15) is 9.90 Å². The van der Waals surface area contributed by atoms with E-state index in [0.29, 0.717) is 28.3 Å². The molecule has 1 N–H and O–H groups in total. The summed E-state index contributed by atoms with van der Waals surface area (Å²) in [5.74, 6) is 1.85. The summed E-state index contributed by atoms with van der Waals surface area (Å²) >= 11 is 0. The predicted molar refractivity (Wildman–Crippen MR) is 91.4 cm³/mol. The summed E-state index contributed by atoms with van der Waals surface area (Å²) in [6.07, 6.45) is -0.831. The van der Waals surface area contributed by atoms with Crippen LogP contribution in [0.15, 0.2) is 35.1 Å². The fourth-order valence-electron chi connectivity index (χ4n) is 3.80. The molecule has 1 aliphatic heterocycles. The summed E-state index contributed by atoms with van der Waals surface area (Å²) in [6, 6.07) is 8.96. The molecule has 3 aromatic rings. The topological polar surface area (TPSA) is 69.9 Å². The molecule has 6 nitrogen and oxygen atoms in total. The van der Waals surface area contributed by atoms with Gasteiger partial charge in [0, 0.05) is 18.2 Å². The highest BCUT2D eigenvalue weighted by molar-refractivity contribution is 5.95. The highest BCUT2D eigenvalue weighted by Gasteiger charge is 2.34. The van der Waals surface area contributed by atoms with E-state index in [-0.39, 0.29) is 12.4 Å². The number of aromatic nitrogens is 1. The number of aliphatic hydroxyl groups is 1. The lowest BCUT2D eigenvalue weighted by atomic mass is 10.0. The third-order valence-electron chi connectivity index (χ3n) is 5.01. The lowest BCUT2D eigenvalue weighted by molar-refractivity contribution is 0.173. The summed E-state index contributed by atoms with van der Waals surface area (Å²) in [5.41, 5.74) is 2.81. The first kappa shape index (κ1) is 14.4. The number of methoxy groups -OCH3 is 1. The molecule has 0 saturated carbocycles. The number of fused-ring (bicyclic) bond motifs is 6. The van der Waals surface area contributed by atoms with Crippen LogP contribution in [-0.2, 0) is 7.05 Å². The van der Waals surface area contributed by atoms with Crippen LogP contribution in [0.25, 0.3) is 22.0 Å². The number of pyridine rings is 1. The molecule has 2 heterocycles. The Morgan fingerprint density at radius 3 is 2.68 bits per heavy atom. The van der Waals surface area contributed by atoms with Gasteiger partial charge in [-0.05, 0) is 35.2 Å². The van der Waals surface area contributed by atoms with E-state index in [4.69, 9.17) is 14.2 Å². The first-order chi connectivity index (χ1) is 12.1. The maximum absolute atomic E-state index is 12.9. The highest BCUT2D eigenvalue weighted by Crippen LogP contribution is 2.50. The van der Waals surface area contributed by atoms with Gasteiger partial charge in [-0.2, -0.15) is 0 Å². The largest absolute Gasteiger partial charge is 0.497 e. The van der Waals surface area contributed by atoms with Crippen molar-refractivity contribution in [3.05, 3.63) is 51.8 Å². The number of nitrogens with zero attached hydrogens (tertiary/aromatic N) is 1. The van der Waals surface area contributed by atoms with Crippen LogP contribution in [0.4, 0.5) is 0 Å². The molecule has 0 bridgehead atoms. The zero-order chi connectivity index (χ0) is 17.3. The van der Waals surface area contributed by atoms with Gasteiger partial charge in [0.1, 0.15) is 11.9 Å². The van der Waals surface area contributed by atoms with Crippen molar-refractivity contribution >= 4 is 10.8 Å². The first-order valence-corrected chi connectivity index (χ1v) is 7.92. The van der Waals surface area contributed by atoms with Gasteiger partial charge >= 0.3 is 0 Å². The molecule has 1 atom stereocenters. The molecule has 0 radical (unpaired) electrons. The molecule has 1 aliphatic carbocycles. The summed E-state index contributed by atoms with van der Waals surface area (Å²) in [7, 11) is 3.28. The van der Waals surface area contributed by atoms with Crippen LogP contribution in [0.1, 0.15) is 17.2 Å². The van der Waals surface area contributed by atoms with Gasteiger partial charge in [0.2, 0.25) is 6.79 Å². The molecule has 0 spiro atoms. The van der Waals surface area contributed by atoms with Crippen molar-refractivity contribution in [2.24, 2.45) is 7.05 Å². The summed E-state index contributed by atoms with van der Waals surface area (Å²) in [6.45, 7) is 0.164. The highest BCUT2D eigenvalue weighted by atomic mass is 16.7. The van der Waals surface area contributed by atoms with Gasteiger partial charge in [-0.15, -0.1) is 0 Å². The summed E-state index contributed by atoms with van der Waals surface area (Å²) < 4.78 is 17.7. The number of aliphatic hydroxyl groups excluding tert-OH is 1. The van der Waals surface area contributed by atoms with E-state index < -0.39 is 6.10 Å². The van der Waals surface area contributed by atoms with Crippen molar-refractivity contribution in [1.82, 2.24) is 4.57 Å². The number of rotatable bonds is 1. The van der Waals surface area contributed by atoms with Crippen LogP contribution >= 0.6 is 0 Å². The van der Waals surface area contributed by atoms with Crippen molar-refractivity contribution < 1.29 is 19.3 Å². The van der Waals surface area contributed by atoms with E-state index in [1.165, 1.54) is 0 Å². The quantitative estimate of drug-likeness (QED) is 0.738. The molecule has 5 rings (SSSR count). The molecule has 6 heteroatoms. The van der Waals surface area contributed by atoms with Crippen molar-refractivity contribution in [2.45, 2.75) is 6.10 Å². The van der Waals surface area contributed by atoms with Gasteiger partial charge in [0.15, 0.2) is 11.5 Å². The second-order valence-corrected chi connectivity index (χ2v) is 6.23. The zero-order valence-electron chi connectivity index (χ0n) is 13.7. The molecule has 0 saturated heterocycles. The van der Waals surface area contributed by atoms with Gasteiger partial charge in [0.05, 0.1) is 18.2 Å². The Bertz CT molecular complexity index is 1120. The fourth-order valence-corrected chi connectivity index (χ4v) is 3.80. The molecule has 2 aromatic carbocycles. The Labute approximate surface area is 142 Å². The van der Waals surface area contributed by atoms with E-state index in [2.05, 4.69) is 0 Å². The van der Waals surface area contributed by atoms with Crippen LogP contribution in [-0.4, -0.2) is 23.6 Å². The second-order valence-electron chi connectivity index (χ2n) is 6.23. The fraction of sp³-hybridized carbons (Fsp3) is 0.211. The second kappa shape index (κ2) is 4.77. The van der Waals surface area contributed by atoms with Gasteiger partial charge in [-0.1, -0.05) is 6.07 Å². The van der Waals surface area contributed by atoms with Gasteiger partial charge in [-0.3, -0.25) is 4.79 Å². The molecule has 126 valence electrons. The molecular weight excluding hydrogens is 322 g/mol. The van der Waals surface area contributed by atoms with Crippen LogP contribution in [0.5, 0.6) is 17.2 Å². The van der Waals surface area contributed by atoms with Crippen molar-refractivity contribution in [1.29, 1.82) is 0 Å². The maximum Gasteiger partial charge on any atom is 0.258 e. The number of hydrogen-bond acceptors (Lipinski definition) is 5. The lowest BCUT2D eigenvalue weighted by Gasteiger charge is -2.13. The molecule has 25 heavy (non-hydrogen) atoms. The minimum Gasteiger partial charge on any atom is -0.497 e. The molecular formula is C19H15NO5. The molecule has 0 fully saturated rings. The maximum atomic E-state index is 12.9. The Hall–Kier alpha value is -2.99. The summed E-state index contributed by atoms with van der Waals surface area (Å²) in [4.78, 5) is 12.9. The van der Waals surface area contributed by atoms with Gasteiger partial charge in [-0.25, -0.2) is 0 Å². The van der Waals surface area contributed by atoms with Crippen molar-refractivity contribution in [3.8, 4) is 28.5 Å². The van der Waals surface area contributed by atoms with Crippen LogP contribution in [0.3, 0.4) is 0 Å². The third kappa shape index (κ3) is 1.74.